The van der Waals surface area contributed by atoms with Crippen LogP contribution in [0.1, 0.15) is 18.4 Å². The van der Waals surface area contributed by atoms with Gasteiger partial charge in [0.25, 0.3) is 0 Å². The monoisotopic (exact) mass is 398 g/mol. The molecule has 1 unspecified atom stereocenters. The molecule has 4 rings (SSSR count). The van der Waals surface area contributed by atoms with Crippen molar-refractivity contribution in [1.29, 1.82) is 0 Å². The Morgan fingerprint density at radius 2 is 2.00 bits per heavy atom. The molecule has 1 aromatic rings. The molecule has 9 heteroatoms. The summed E-state index contributed by atoms with van der Waals surface area (Å²) in [5.41, 5.74) is 1.13. The van der Waals surface area contributed by atoms with Crippen LogP contribution in [0.4, 0.5) is 8.78 Å². The molecule has 0 saturated carbocycles. The number of halogens is 2. The molecular weight excluding hydrogens is 374 g/mol. The maximum absolute atomic E-state index is 12.8. The van der Waals surface area contributed by atoms with Gasteiger partial charge in [-0.05, 0) is 18.2 Å². The topological polar surface area (TPSA) is 61.8 Å². The molecule has 2 fully saturated rings. The van der Waals surface area contributed by atoms with Gasteiger partial charge in [0.05, 0.1) is 32.1 Å². The number of nitrogens with zero attached hydrogens (tertiary/aromatic N) is 2. The molecule has 0 amide bonds. The van der Waals surface area contributed by atoms with Crippen molar-refractivity contribution in [3.8, 4) is 11.5 Å². The van der Waals surface area contributed by atoms with Crippen molar-refractivity contribution < 1.29 is 32.6 Å². The Balaban J connectivity index is 1.44. The molecule has 0 N–H and O–H groups in total. The molecule has 3 heterocycles. The summed E-state index contributed by atoms with van der Waals surface area (Å²) in [6, 6.07) is 4.88. The van der Waals surface area contributed by atoms with Crippen molar-refractivity contribution in [2.75, 3.05) is 52.7 Å². The van der Waals surface area contributed by atoms with Gasteiger partial charge < -0.3 is 23.8 Å². The fraction of sp³-hybridized carbons (Fsp3) is 0.632. The lowest BCUT2D eigenvalue weighted by Gasteiger charge is -2.26. The van der Waals surface area contributed by atoms with Crippen molar-refractivity contribution in [2.24, 2.45) is 5.16 Å². The first-order chi connectivity index (χ1) is 13.6. The lowest BCUT2D eigenvalue weighted by atomic mass is 9.93. The van der Waals surface area contributed by atoms with Crippen LogP contribution in [0.15, 0.2) is 23.4 Å². The summed E-state index contributed by atoms with van der Waals surface area (Å²) in [5.74, 6) is 0.288. The molecule has 7 nitrogen and oxygen atoms in total. The fourth-order valence-electron chi connectivity index (χ4n) is 3.58. The van der Waals surface area contributed by atoms with Crippen LogP contribution in [-0.4, -0.2) is 75.5 Å². The van der Waals surface area contributed by atoms with E-state index in [4.69, 9.17) is 19.0 Å². The molecule has 1 aromatic carbocycles. The molecule has 154 valence electrons. The van der Waals surface area contributed by atoms with Crippen molar-refractivity contribution in [3.63, 3.8) is 0 Å². The molecule has 0 aromatic heterocycles. The van der Waals surface area contributed by atoms with Crippen LogP contribution in [-0.2, 0) is 14.3 Å². The number of oxime groups is 1. The normalized spacial score (nSPS) is 25.2. The second-order valence-corrected chi connectivity index (χ2v) is 7.13. The van der Waals surface area contributed by atoms with Gasteiger partial charge in [0.1, 0.15) is 6.61 Å². The van der Waals surface area contributed by atoms with Gasteiger partial charge in [0, 0.05) is 38.0 Å². The standard InChI is InChI=1S/C19H24F2N2O5/c20-18(21)27-16-2-1-14(15-12-19(28-22-15)3-7-25-13-19)11-17(16)26-10-6-23-4-8-24-9-5-23/h1-2,11,18H,3-10,12-13H2. The highest BCUT2D eigenvalue weighted by molar-refractivity contribution is 6.02. The third kappa shape index (κ3) is 4.53. The number of morpholine rings is 1. The van der Waals surface area contributed by atoms with Gasteiger partial charge in [0.15, 0.2) is 17.1 Å². The van der Waals surface area contributed by atoms with Crippen molar-refractivity contribution in [3.05, 3.63) is 23.8 Å². The van der Waals surface area contributed by atoms with Crippen LogP contribution >= 0.6 is 0 Å². The smallest absolute Gasteiger partial charge is 0.387 e. The number of alkyl halides is 2. The summed E-state index contributed by atoms with van der Waals surface area (Å²) < 4.78 is 46.7. The Bertz CT molecular complexity index is 704. The number of ether oxygens (including phenoxy) is 4. The van der Waals surface area contributed by atoms with Crippen LogP contribution in [0.3, 0.4) is 0 Å². The average Bonchev–Trinajstić information content (AvgIpc) is 3.33. The quantitative estimate of drug-likeness (QED) is 0.702. The SMILES string of the molecule is FC(F)Oc1ccc(C2=NOC3(CCOC3)C2)cc1OCCN1CCOCC1. The second-order valence-electron chi connectivity index (χ2n) is 7.13. The number of benzene rings is 1. The van der Waals surface area contributed by atoms with E-state index in [1.54, 1.807) is 12.1 Å². The summed E-state index contributed by atoms with van der Waals surface area (Å²) in [6.07, 6.45) is 1.41. The third-order valence-corrected chi connectivity index (χ3v) is 5.17. The molecule has 1 spiro atoms. The Morgan fingerprint density at radius 1 is 1.14 bits per heavy atom. The number of hydrogen-bond donors (Lipinski definition) is 0. The van der Waals surface area contributed by atoms with Gasteiger partial charge in [0.2, 0.25) is 0 Å². The predicted octanol–water partition coefficient (Wildman–Crippen LogP) is 2.28. The van der Waals surface area contributed by atoms with Crippen LogP contribution in [0.2, 0.25) is 0 Å². The highest BCUT2D eigenvalue weighted by atomic mass is 19.3. The first-order valence-corrected chi connectivity index (χ1v) is 9.48. The molecule has 1 atom stereocenters. The average molecular weight is 398 g/mol. The van der Waals surface area contributed by atoms with Crippen molar-refractivity contribution >= 4 is 5.71 Å². The van der Waals surface area contributed by atoms with E-state index in [2.05, 4.69) is 14.8 Å². The fourth-order valence-corrected chi connectivity index (χ4v) is 3.58. The molecule has 0 radical (unpaired) electrons. The molecule has 0 aliphatic carbocycles. The van der Waals surface area contributed by atoms with E-state index < -0.39 is 12.2 Å². The highest BCUT2D eigenvalue weighted by Crippen LogP contribution is 2.36. The van der Waals surface area contributed by atoms with E-state index in [0.717, 1.165) is 30.8 Å². The first kappa shape index (κ1) is 19.4. The zero-order valence-corrected chi connectivity index (χ0v) is 15.6. The summed E-state index contributed by atoms with van der Waals surface area (Å²) in [7, 11) is 0. The van der Waals surface area contributed by atoms with Gasteiger partial charge >= 0.3 is 6.61 Å². The minimum Gasteiger partial charge on any atom is -0.488 e. The summed E-state index contributed by atoms with van der Waals surface area (Å²) in [5, 5.41) is 4.20. The minimum absolute atomic E-state index is 0.0131. The zero-order valence-electron chi connectivity index (χ0n) is 15.6. The Hall–Kier alpha value is -1.97. The maximum atomic E-state index is 12.8. The molecule has 2 saturated heterocycles. The Kier molecular flexibility index (Phi) is 5.93. The van der Waals surface area contributed by atoms with Gasteiger partial charge in [-0.2, -0.15) is 8.78 Å². The number of rotatable bonds is 7. The van der Waals surface area contributed by atoms with Crippen LogP contribution in [0.5, 0.6) is 11.5 Å². The lowest BCUT2D eigenvalue weighted by Crippen LogP contribution is -2.38. The second kappa shape index (κ2) is 8.59. The summed E-state index contributed by atoms with van der Waals surface area (Å²) in [6.45, 7) is 2.36. The van der Waals surface area contributed by atoms with E-state index in [1.165, 1.54) is 6.07 Å². The Morgan fingerprint density at radius 3 is 2.75 bits per heavy atom. The summed E-state index contributed by atoms with van der Waals surface area (Å²) >= 11 is 0. The van der Waals surface area contributed by atoms with Crippen LogP contribution in [0.25, 0.3) is 0 Å². The van der Waals surface area contributed by atoms with E-state index in [-0.39, 0.29) is 11.5 Å². The third-order valence-electron chi connectivity index (χ3n) is 5.17. The van der Waals surface area contributed by atoms with E-state index in [1.807, 2.05) is 0 Å². The first-order valence-electron chi connectivity index (χ1n) is 9.48. The van der Waals surface area contributed by atoms with Gasteiger partial charge in [-0.15, -0.1) is 0 Å². The summed E-state index contributed by atoms with van der Waals surface area (Å²) in [4.78, 5) is 7.82. The minimum atomic E-state index is -2.92. The molecule has 0 bridgehead atoms. The van der Waals surface area contributed by atoms with E-state index >= 15 is 0 Å². The van der Waals surface area contributed by atoms with Crippen LogP contribution < -0.4 is 9.47 Å². The largest absolute Gasteiger partial charge is 0.488 e. The molecule has 3 aliphatic rings. The number of hydrogen-bond acceptors (Lipinski definition) is 7. The van der Waals surface area contributed by atoms with Gasteiger partial charge in [-0.3, -0.25) is 4.90 Å². The van der Waals surface area contributed by atoms with Gasteiger partial charge in [-0.1, -0.05) is 5.16 Å². The highest BCUT2D eigenvalue weighted by Gasteiger charge is 2.43. The molecular formula is C19H24F2N2O5. The lowest BCUT2D eigenvalue weighted by molar-refractivity contribution is -0.0516. The van der Waals surface area contributed by atoms with Crippen molar-refractivity contribution in [1.82, 2.24) is 4.90 Å². The maximum Gasteiger partial charge on any atom is 0.387 e. The van der Waals surface area contributed by atoms with E-state index in [0.29, 0.717) is 46.0 Å². The predicted molar refractivity (Wildman–Crippen MR) is 96.2 cm³/mol. The molecule has 3 aliphatic heterocycles. The molecule has 28 heavy (non-hydrogen) atoms. The van der Waals surface area contributed by atoms with Crippen LogP contribution in [0, 0.1) is 0 Å². The van der Waals surface area contributed by atoms with Crippen molar-refractivity contribution in [2.45, 2.75) is 25.1 Å². The van der Waals surface area contributed by atoms with Gasteiger partial charge in [-0.25, -0.2) is 0 Å². The Labute approximate surface area is 162 Å². The van der Waals surface area contributed by atoms with E-state index in [9.17, 15) is 8.78 Å². The zero-order chi connectivity index (χ0) is 19.4.